The molecule has 19 heavy (non-hydrogen) atoms. The van der Waals surface area contributed by atoms with Crippen LogP contribution < -0.4 is 5.14 Å². The molecule has 8 heteroatoms. The number of ether oxygens (including phenoxy) is 2. The first-order chi connectivity index (χ1) is 8.75. The van der Waals surface area contributed by atoms with E-state index in [1.165, 1.54) is 6.92 Å². The Labute approximate surface area is 111 Å². The first kappa shape index (κ1) is 15.7. The quantitative estimate of drug-likeness (QED) is 0.777. The van der Waals surface area contributed by atoms with Crippen LogP contribution in [0.25, 0.3) is 0 Å². The predicted octanol–water partition coefficient (Wildman–Crippen LogP) is 0.817. The SMILES string of the molecule is CCOCC(C)OC(=O)c1cc(S(N)(=O)=O)c(C)o1. The van der Waals surface area contributed by atoms with E-state index in [9.17, 15) is 13.2 Å². The van der Waals surface area contributed by atoms with Crippen molar-refractivity contribution in [2.24, 2.45) is 5.14 Å². The second kappa shape index (κ2) is 6.18. The number of aryl methyl sites for hydroxylation is 1. The van der Waals surface area contributed by atoms with Gasteiger partial charge < -0.3 is 13.9 Å². The number of carbonyl (C=O) groups excluding carboxylic acids is 1. The van der Waals surface area contributed by atoms with Crippen molar-refractivity contribution in [2.75, 3.05) is 13.2 Å². The van der Waals surface area contributed by atoms with Crippen LogP contribution >= 0.6 is 0 Å². The third-order valence-electron chi connectivity index (χ3n) is 2.24. The normalized spacial score (nSPS) is 13.3. The summed E-state index contributed by atoms with van der Waals surface area (Å²) in [6, 6.07) is 1.06. The second-order valence-corrected chi connectivity index (χ2v) is 5.48. The van der Waals surface area contributed by atoms with E-state index in [4.69, 9.17) is 19.0 Å². The molecule has 108 valence electrons. The molecule has 1 unspecified atom stereocenters. The first-order valence-electron chi connectivity index (χ1n) is 5.67. The van der Waals surface area contributed by atoms with Gasteiger partial charge in [-0.2, -0.15) is 0 Å². The highest BCUT2D eigenvalue weighted by Crippen LogP contribution is 2.19. The zero-order chi connectivity index (χ0) is 14.6. The summed E-state index contributed by atoms with van der Waals surface area (Å²) in [6.07, 6.45) is -0.462. The highest BCUT2D eigenvalue weighted by atomic mass is 32.2. The molecular formula is C11H17NO6S. The molecule has 0 spiro atoms. The Bertz CT molecular complexity index is 548. The average molecular weight is 291 g/mol. The molecule has 1 aromatic heterocycles. The fourth-order valence-electron chi connectivity index (χ4n) is 1.41. The summed E-state index contributed by atoms with van der Waals surface area (Å²) >= 11 is 0. The molecule has 0 aliphatic rings. The Balaban J connectivity index is 2.79. The van der Waals surface area contributed by atoms with E-state index in [0.717, 1.165) is 6.07 Å². The van der Waals surface area contributed by atoms with Crippen LogP contribution in [0.5, 0.6) is 0 Å². The molecule has 0 saturated carbocycles. The van der Waals surface area contributed by atoms with Gasteiger partial charge in [0.05, 0.1) is 6.61 Å². The largest absolute Gasteiger partial charge is 0.454 e. The molecule has 0 aliphatic heterocycles. The third-order valence-corrected chi connectivity index (χ3v) is 3.26. The van der Waals surface area contributed by atoms with Gasteiger partial charge in [0.25, 0.3) is 0 Å². The molecule has 0 fully saturated rings. The van der Waals surface area contributed by atoms with E-state index < -0.39 is 22.1 Å². The summed E-state index contributed by atoms with van der Waals surface area (Å²) in [6.45, 7) is 5.65. The van der Waals surface area contributed by atoms with Crippen molar-refractivity contribution in [3.63, 3.8) is 0 Å². The van der Waals surface area contributed by atoms with E-state index in [-0.39, 0.29) is 23.0 Å². The van der Waals surface area contributed by atoms with Crippen molar-refractivity contribution in [3.05, 3.63) is 17.6 Å². The van der Waals surface area contributed by atoms with Crippen LogP contribution in [0, 0.1) is 6.92 Å². The van der Waals surface area contributed by atoms with Gasteiger partial charge in [0, 0.05) is 12.7 Å². The molecule has 1 atom stereocenters. The molecule has 0 bridgehead atoms. The number of hydrogen-bond donors (Lipinski definition) is 1. The molecule has 0 saturated heterocycles. The molecule has 1 heterocycles. The lowest BCUT2D eigenvalue weighted by atomic mass is 10.4. The van der Waals surface area contributed by atoms with Crippen LogP contribution in [0.2, 0.25) is 0 Å². The van der Waals surface area contributed by atoms with Crippen LogP contribution in [0.4, 0.5) is 0 Å². The van der Waals surface area contributed by atoms with Crippen LogP contribution in [0.1, 0.15) is 30.2 Å². The van der Waals surface area contributed by atoms with Crippen molar-refractivity contribution in [1.82, 2.24) is 0 Å². The lowest BCUT2D eigenvalue weighted by Gasteiger charge is -2.11. The summed E-state index contributed by atoms with van der Waals surface area (Å²) < 4.78 is 37.5. The van der Waals surface area contributed by atoms with Gasteiger partial charge in [-0.15, -0.1) is 0 Å². The zero-order valence-corrected chi connectivity index (χ0v) is 11.8. The minimum absolute atomic E-state index is 0.0481. The van der Waals surface area contributed by atoms with E-state index in [2.05, 4.69) is 0 Å². The summed E-state index contributed by atoms with van der Waals surface area (Å²) in [5.74, 6) is -0.915. The Morgan fingerprint density at radius 3 is 2.63 bits per heavy atom. The van der Waals surface area contributed by atoms with Gasteiger partial charge in [0.1, 0.15) is 16.8 Å². The Hall–Kier alpha value is -1.38. The summed E-state index contributed by atoms with van der Waals surface area (Å²) in [5.41, 5.74) is 0. The molecule has 1 aromatic rings. The monoisotopic (exact) mass is 291 g/mol. The smallest absolute Gasteiger partial charge is 0.374 e. The van der Waals surface area contributed by atoms with Crippen molar-refractivity contribution >= 4 is 16.0 Å². The average Bonchev–Trinajstić information content (AvgIpc) is 2.68. The molecule has 0 amide bonds. The summed E-state index contributed by atoms with van der Waals surface area (Å²) in [7, 11) is -3.92. The van der Waals surface area contributed by atoms with E-state index in [0.29, 0.717) is 6.61 Å². The lowest BCUT2D eigenvalue weighted by molar-refractivity contribution is 0.00168. The number of sulfonamides is 1. The van der Waals surface area contributed by atoms with Crippen LogP contribution in [0.15, 0.2) is 15.4 Å². The van der Waals surface area contributed by atoms with Gasteiger partial charge in [0.2, 0.25) is 15.8 Å². The molecule has 1 rings (SSSR count). The Morgan fingerprint density at radius 1 is 1.53 bits per heavy atom. The minimum atomic E-state index is -3.92. The number of nitrogens with two attached hydrogens (primary N) is 1. The maximum absolute atomic E-state index is 11.7. The lowest BCUT2D eigenvalue weighted by Crippen LogP contribution is -2.20. The number of primary sulfonamides is 1. The topological polar surface area (TPSA) is 109 Å². The van der Waals surface area contributed by atoms with Gasteiger partial charge in [0.15, 0.2) is 0 Å². The maximum atomic E-state index is 11.7. The van der Waals surface area contributed by atoms with Gasteiger partial charge >= 0.3 is 5.97 Å². The third kappa shape index (κ3) is 4.34. The number of carbonyl (C=O) groups is 1. The number of furan rings is 1. The fraction of sp³-hybridized carbons (Fsp3) is 0.545. The second-order valence-electron chi connectivity index (χ2n) is 3.95. The zero-order valence-electron chi connectivity index (χ0n) is 11.0. The minimum Gasteiger partial charge on any atom is -0.454 e. The van der Waals surface area contributed by atoms with E-state index in [1.54, 1.807) is 6.92 Å². The van der Waals surface area contributed by atoms with Crippen LogP contribution in [-0.2, 0) is 19.5 Å². The van der Waals surface area contributed by atoms with Gasteiger partial charge in [-0.05, 0) is 20.8 Å². The fourth-order valence-corrected chi connectivity index (χ4v) is 2.12. The van der Waals surface area contributed by atoms with Crippen molar-refractivity contribution in [3.8, 4) is 0 Å². The molecule has 0 aliphatic carbocycles. The highest BCUT2D eigenvalue weighted by Gasteiger charge is 2.23. The molecule has 0 aromatic carbocycles. The number of hydrogen-bond acceptors (Lipinski definition) is 6. The summed E-state index contributed by atoms with van der Waals surface area (Å²) in [4.78, 5) is 11.5. The highest BCUT2D eigenvalue weighted by molar-refractivity contribution is 7.89. The van der Waals surface area contributed by atoms with E-state index in [1.807, 2.05) is 6.92 Å². The standard InChI is InChI=1S/C11H17NO6S/c1-4-16-6-7(2)17-11(13)9-5-10(8(3)18-9)19(12,14)15/h5,7H,4,6H2,1-3H3,(H2,12,14,15). The molecular weight excluding hydrogens is 274 g/mol. The van der Waals surface area contributed by atoms with Crippen LogP contribution in [-0.4, -0.2) is 33.7 Å². The first-order valence-corrected chi connectivity index (χ1v) is 7.22. The van der Waals surface area contributed by atoms with Gasteiger partial charge in [-0.1, -0.05) is 0 Å². The molecule has 2 N–H and O–H groups in total. The van der Waals surface area contributed by atoms with Crippen molar-refractivity contribution < 1.29 is 27.1 Å². The maximum Gasteiger partial charge on any atom is 0.374 e. The molecule has 0 radical (unpaired) electrons. The van der Waals surface area contributed by atoms with Crippen molar-refractivity contribution in [2.45, 2.75) is 31.8 Å². The Morgan fingerprint density at radius 2 is 2.16 bits per heavy atom. The number of esters is 1. The molecule has 7 nitrogen and oxygen atoms in total. The van der Waals surface area contributed by atoms with Gasteiger partial charge in [-0.25, -0.2) is 18.4 Å². The predicted molar refractivity (Wildman–Crippen MR) is 66.2 cm³/mol. The van der Waals surface area contributed by atoms with Crippen molar-refractivity contribution in [1.29, 1.82) is 0 Å². The van der Waals surface area contributed by atoms with Gasteiger partial charge in [-0.3, -0.25) is 0 Å². The Kier molecular flexibility index (Phi) is 5.10. The number of rotatable bonds is 6. The van der Waals surface area contributed by atoms with E-state index >= 15 is 0 Å². The summed E-state index contributed by atoms with van der Waals surface area (Å²) in [5, 5.41) is 4.98. The van der Waals surface area contributed by atoms with Crippen LogP contribution in [0.3, 0.4) is 0 Å².